The lowest BCUT2D eigenvalue weighted by atomic mass is 10.2. The Morgan fingerprint density at radius 2 is 2.29 bits per heavy atom. The lowest BCUT2D eigenvalue weighted by molar-refractivity contribution is 0.0691. The van der Waals surface area contributed by atoms with Crippen molar-refractivity contribution in [3.8, 4) is 5.75 Å². The number of hydrogen-bond acceptors (Lipinski definition) is 5. The number of aromatic nitrogens is 4. The first-order valence-corrected chi connectivity index (χ1v) is 6.52. The molecule has 0 aliphatic heterocycles. The maximum absolute atomic E-state index is 13.1. The molecule has 1 N–H and O–H groups in total. The number of carboxylic acid groups (broad SMARTS) is 1. The van der Waals surface area contributed by atoms with Crippen LogP contribution in [0.1, 0.15) is 35.9 Å². The molecule has 112 valence electrons. The van der Waals surface area contributed by atoms with E-state index in [1.165, 1.54) is 6.07 Å². The number of rotatable bonds is 7. The summed E-state index contributed by atoms with van der Waals surface area (Å²) < 4.78 is 20.1. The molecule has 8 heteroatoms. The van der Waals surface area contributed by atoms with Crippen molar-refractivity contribution in [2.24, 2.45) is 0 Å². The summed E-state index contributed by atoms with van der Waals surface area (Å²) in [4.78, 5) is 11.1. The van der Waals surface area contributed by atoms with Crippen LogP contribution in [0, 0.1) is 5.82 Å². The molecule has 7 nitrogen and oxygen atoms in total. The van der Waals surface area contributed by atoms with Gasteiger partial charge in [-0.05, 0) is 35.0 Å². The number of benzene rings is 1. The van der Waals surface area contributed by atoms with Gasteiger partial charge in [0, 0.05) is 6.54 Å². The highest BCUT2D eigenvalue weighted by Gasteiger charge is 2.14. The number of nitrogens with zero attached hydrogens (tertiary/aromatic N) is 4. The van der Waals surface area contributed by atoms with E-state index in [1.807, 2.05) is 0 Å². The van der Waals surface area contributed by atoms with Crippen LogP contribution in [-0.2, 0) is 13.2 Å². The second-order valence-corrected chi connectivity index (χ2v) is 4.41. The minimum absolute atomic E-state index is 0.0165. The van der Waals surface area contributed by atoms with Gasteiger partial charge >= 0.3 is 5.97 Å². The summed E-state index contributed by atoms with van der Waals surface area (Å²) >= 11 is 0. The Bertz CT molecular complexity index is 630. The van der Waals surface area contributed by atoms with Gasteiger partial charge in [0.05, 0.1) is 0 Å². The van der Waals surface area contributed by atoms with Crippen molar-refractivity contribution < 1.29 is 19.0 Å². The third-order valence-corrected chi connectivity index (χ3v) is 2.86. The molecule has 0 saturated heterocycles. The van der Waals surface area contributed by atoms with E-state index in [9.17, 15) is 9.18 Å². The number of unbranched alkanes of at least 4 members (excludes halogenated alkanes) is 1. The molecule has 0 spiro atoms. The van der Waals surface area contributed by atoms with Crippen molar-refractivity contribution in [3.05, 3.63) is 35.4 Å². The van der Waals surface area contributed by atoms with Crippen molar-refractivity contribution in [3.63, 3.8) is 0 Å². The number of ether oxygens (including phenoxy) is 1. The van der Waals surface area contributed by atoms with Crippen LogP contribution in [0.25, 0.3) is 0 Å². The summed E-state index contributed by atoms with van der Waals surface area (Å²) in [5.74, 6) is -1.32. The predicted octanol–water partition coefficient (Wildman–Crippen LogP) is 1.89. The smallest absolute Gasteiger partial charge is 0.339 e. The van der Waals surface area contributed by atoms with Gasteiger partial charge in [-0.15, -0.1) is 5.10 Å². The molecule has 0 fully saturated rings. The van der Waals surface area contributed by atoms with Crippen LogP contribution in [0.4, 0.5) is 4.39 Å². The van der Waals surface area contributed by atoms with E-state index >= 15 is 0 Å². The molecule has 0 bridgehead atoms. The first kappa shape index (κ1) is 14.9. The van der Waals surface area contributed by atoms with Crippen LogP contribution in [-0.4, -0.2) is 31.3 Å². The fourth-order valence-corrected chi connectivity index (χ4v) is 1.75. The van der Waals surface area contributed by atoms with Gasteiger partial charge in [-0.1, -0.05) is 13.3 Å². The van der Waals surface area contributed by atoms with Gasteiger partial charge in [0.15, 0.2) is 5.82 Å². The zero-order valence-corrected chi connectivity index (χ0v) is 11.5. The van der Waals surface area contributed by atoms with Gasteiger partial charge in [0.25, 0.3) is 0 Å². The molecule has 1 aromatic heterocycles. The van der Waals surface area contributed by atoms with Crippen LogP contribution >= 0.6 is 0 Å². The van der Waals surface area contributed by atoms with E-state index in [4.69, 9.17) is 9.84 Å². The second kappa shape index (κ2) is 6.78. The Labute approximate surface area is 120 Å². The highest BCUT2D eigenvalue weighted by atomic mass is 19.1. The number of halogens is 1. The van der Waals surface area contributed by atoms with Gasteiger partial charge in [0.1, 0.15) is 23.7 Å². The van der Waals surface area contributed by atoms with Crippen LogP contribution in [0.5, 0.6) is 5.75 Å². The first-order chi connectivity index (χ1) is 10.1. The van der Waals surface area contributed by atoms with Gasteiger partial charge in [-0.25, -0.2) is 13.9 Å². The third-order valence-electron chi connectivity index (χ3n) is 2.86. The fraction of sp³-hybridized carbons (Fsp3) is 0.385. The minimum atomic E-state index is -1.25. The summed E-state index contributed by atoms with van der Waals surface area (Å²) in [7, 11) is 0. The van der Waals surface area contributed by atoms with Crippen molar-refractivity contribution in [2.45, 2.75) is 32.9 Å². The van der Waals surface area contributed by atoms with Crippen molar-refractivity contribution in [2.75, 3.05) is 0 Å². The highest BCUT2D eigenvalue weighted by Crippen LogP contribution is 2.20. The van der Waals surface area contributed by atoms with Crippen molar-refractivity contribution >= 4 is 5.97 Å². The normalized spacial score (nSPS) is 10.6. The van der Waals surface area contributed by atoms with Crippen LogP contribution in [0.15, 0.2) is 18.2 Å². The molecule has 21 heavy (non-hydrogen) atoms. The molecule has 1 aromatic carbocycles. The van der Waals surface area contributed by atoms with E-state index in [-0.39, 0.29) is 17.9 Å². The fourth-order valence-electron chi connectivity index (χ4n) is 1.75. The van der Waals surface area contributed by atoms with E-state index < -0.39 is 11.8 Å². The van der Waals surface area contributed by atoms with Gasteiger partial charge in [-0.2, -0.15) is 0 Å². The monoisotopic (exact) mass is 294 g/mol. The predicted molar refractivity (Wildman–Crippen MR) is 70.4 cm³/mol. The summed E-state index contributed by atoms with van der Waals surface area (Å²) in [6, 6.07) is 3.33. The topological polar surface area (TPSA) is 90.1 Å². The molecule has 0 amide bonds. The molecule has 0 radical (unpaired) electrons. The number of aryl methyl sites for hydroxylation is 1. The molecule has 2 rings (SSSR count). The zero-order valence-electron chi connectivity index (χ0n) is 11.5. The Kier molecular flexibility index (Phi) is 4.81. The van der Waals surface area contributed by atoms with Gasteiger partial charge < -0.3 is 9.84 Å². The molecule has 0 unspecified atom stereocenters. The quantitative estimate of drug-likeness (QED) is 0.838. The van der Waals surface area contributed by atoms with E-state index in [0.29, 0.717) is 12.4 Å². The number of tetrazole rings is 1. The number of carbonyl (C=O) groups is 1. The minimum Gasteiger partial charge on any atom is -0.485 e. The number of aromatic carboxylic acids is 1. The van der Waals surface area contributed by atoms with Crippen molar-refractivity contribution in [1.82, 2.24) is 20.2 Å². The van der Waals surface area contributed by atoms with Gasteiger partial charge in [-0.3, -0.25) is 0 Å². The lowest BCUT2D eigenvalue weighted by Gasteiger charge is -2.09. The Morgan fingerprint density at radius 1 is 1.48 bits per heavy atom. The summed E-state index contributed by atoms with van der Waals surface area (Å²) in [6.07, 6.45) is 1.93. The van der Waals surface area contributed by atoms with Crippen LogP contribution < -0.4 is 4.74 Å². The molecule has 0 atom stereocenters. The zero-order chi connectivity index (χ0) is 15.2. The van der Waals surface area contributed by atoms with E-state index in [1.54, 1.807) is 4.68 Å². The number of carboxylic acids is 1. The number of hydrogen-bond donors (Lipinski definition) is 1. The molecule has 0 saturated carbocycles. The van der Waals surface area contributed by atoms with Crippen LogP contribution in [0.3, 0.4) is 0 Å². The average Bonchev–Trinajstić information content (AvgIpc) is 2.91. The average molecular weight is 294 g/mol. The molecular formula is C13H15FN4O3. The Morgan fingerprint density at radius 3 is 3.00 bits per heavy atom. The van der Waals surface area contributed by atoms with E-state index in [2.05, 4.69) is 22.4 Å². The molecule has 0 aliphatic rings. The summed E-state index contributed by atoms with van der Waals surface area (Å²) in [5.41, 5.74) is -0.234. The second-order valence-electron chi connectivity index (χ2n) is 4.41. The maximum atomic E-state index is 13.1. The molecule has 2 aromatic rings. The van der Waals surface area contributed by atoms with E-state index in [0.717, 1.165) is 25.0 Å². The van der Waals surface area contributed by atoms with Gasteiger partial charge in [0.2, 0.25) is 0 Å². The molecular weight excluding hydrogens is 279 g/mol. The first-order valence-electron chi connectivity index (χ1n) is 6.52. The summed E-state index contributed by atoms with van der Waals surface area (Å²) in [6.45, 7) is 2.73. The highest BCUT2D eigenvalue weighted by molar-refractivity contribution is 5.90. The van der Waals surface area contributed by atoms with Crippen LogP contribution in [0.2, 0.25) is 0 Å². The lowest BCUT2D eigenvalue weighted by Crippen LogP contribution is -2.10. The Hall–Kier alpha value is -2.51. The summed E-state index contributed by atoms with van der Waals surface area (Å²) in [5, 5.41) is 20.3. The maximum Gasteiger partial charge on any atom is 0.339 e. The SMILES string of the molecule is CCCCn1nnnc1COc1ccc(F)cc1C(=O)O. The molecule has 1 heterocycles. The Balaban J connectivity index is 2.10. The molecule has 0 aliphatic carbocycles. The standard InChI is InChI=1S/C13H15FN4O3/c1-2-3-6-18-12(15-16-17-18)8-21-11-5-4-9(14)7-10(11)13(19)20/h4-5,7H,2-3,6,8H2,1H3,(H,19,20). The largest absolute Gasteiger partial charge is 0.485 e. The van der Waals surface area contributed by atoms with Crippen molar-refractivity contribution in [1.29, 1.82) is 0 Å². The third kappa shape index (κ3) is 3.74.